The van der Waals surface area contributed by atoms with Gasteiger partial charge in [-0.05, 0) is 12.5 Å². The zero-order valence-electron chi connectivity index (χ0n) is 7.38. The molecular formula is C8H12ClNO3. The molecule has 0 aromatic heterocycles. The fourth-order valence-corrected chi connectivity index (χ4v) is 0.937. The molecular weight excluding hydrogens is 194 g/mol. The van der Waals surface area contributed by atoms with Crippen molar-refractivity contribution in [1.82, 2.24) is 0 Å². The van der Waals surface area contributed by atoms with Gasteiger partial charge in [0.2, 0.25) is 0 Å². The molecule has 0 fully saturated rings. The molecule has 4 nitrogen and oxygen atoms in total. The Morgan fingerprint density at radius 1 is 1.62 bits per heavy atom. The van der Waals surface area contributed by atoms with Gasteiger partial charge in [0.05, 0.1) is 12.0 Å². The number of ether oxygens (including phenoxy) is 1. The molecule has 1 unspecified atom stereocenters. The normalized spacial score (nSPS) is 11.8. The summed E-state index contributed by atoms with van der Waals surface area (Å²) >= 11 is 5.67. The number of alkyl halides is 1. The maximum absolute atomic E-state index is 11.1. The van der Waals surface area contributed by atoms with Crippen molar-refractivity contribution >= 4 is 23.5 Å². The second-order valence-corrected chi connectivity index (χ2v) is 3.10. The highest BCUT2D eigenvalue weighted by molar-refractivity contribution is 6.33. The largest absolute Gasteiger partial charge is 0.450 e. The lowest BCUT2D eigenvalue weighted by atomic mass is 10.1. The standard InChI is InChI=1S/C8H12ClNO3/c1-5(2)7(11)6(9)3-4-13-8(10)12/h6H,1,3-4H2,2H3,(H2,10,12). The van der Waals surface area contributed by atoms with Gasteiger partial charge in [-0.2, -0.15) is 0 Å². The molecule has 0 rings (SSSR count). The first-order valence-electron chi connectivity index (χ1n) is 3.71. The van der Waals surface area contributed by atoms with Gasteiger partial charge in [-0.15, -0.1) is 11.6 Å². The second-order valence-electron chi connectivity index (χ2n) is 2.57. The molecule has 0 radical (unpaired) electrons. The molecule has 0 aliphatic carbocycles. The smallest absolute Gasteiger partial charge is 0.404 e. The van der Waals surface area contributed by atoms with Crippen LogP contribution < -0.4 is 5.73 Å². The van der Waals surface area contributed by atoms with Crippen LogP contribution in [-0.2, 0) is 9.53 Å². The summed E-state index contributed by atoms with van der Waals surface area (Å²) in [6.07, 6.45) is -0.623. The van der Waals surface area contributed by atoms with E-state index in [1.807, 2.05) is 0 Å². The summed E-state index contributed by atoms with van der Waals surface area (Å²) in [6.45, 7) is 5.07. The average molecular weight is 206 g/mol. The number of amides is 1. The van der Waals surface area contributed by atoms with Crippen molar-refractivity contribution < 1.29 is 14.3 Å². The lowest BCUT2D eigenvalue weighted by Crippen LogP contribution is -2.20. The van der Waals surface area contributed by atoms with E-state index in [2.05, 4.69) is 11.3 Å². The highest BCUT2D eigenvalue weighted by atomic mass is 35.5. The van der Waals surface area contributed by atoms with Crippen LogP contribution in [0.15, 0.2) is 12.2 Å². The molecule has 1 amide bonds. The van der Waals surface area contributed by atoms with Crippen LogP contribution in [0.4, 0.5) is 4.79 Å². The van der Waals surface area contributed by atoms with E-state index in [0.717, 1.165) is 0 Å². The van der Waals surface area contributed by atoms with E-state index in [-0.39, 0.29) is 18.8 Å². The van der Waals surface area contributed by atoms with E-state index in [4.69, 9.17) is 17.3 Å². The van der Waals surface area contributed by atoms with Crippen molar-refractivity contribution in [2.24, 2.45) is 5.73 Å². The van der Waals surface area contributed by atoms with Gasteiger partial charge in [-0.3, -0.25) is 4.79 Å². The Morgan fingerprint density at radius 2 is 2.15 bits per heavy atom. The molecule has 0 spiro atoms. The number of hydrogen-bond acceptors (Lipinski definition) is 3. The van der Waals surface area contributed by atoms with E-state index >= 15 is 0 Å². The summed E-state index contributed by atoms with van der Waals surface area (Å²) in [5.41, 5.74) is 5.10. The van der Waals surface area contributed by atoms with Gasteiger partial charge in [0.15, 0.2) is 5.78 Å². The van der Waals surface area contributed by atoms with Crippen molar-refractivity contribution in [3.8, 4) is 0 Å². The summed E-state index contributed by atoms with van der Waals surface area (Å²) < 4.78 is 4.41. The van der Waals surface area contributed by atoms with Crippen LogP contribution in [0.1, 0.15) is 13.3 Å². The highest BCUT2D eigenvalue weighted by Crippen LogP contribution is 2.08. The summed E-state index contributed by atoms with van der Waals surface area (Å²) in [4.78, 5) is 21.3. The monoisotopic (exact) mass is 205 g/mol. The molecule has 0 aliphatic rings. The molecule has 0 aliphatic heterocycles. The summed E-state index contributed by atoms with van der Waals surface area (Å²) in [6, 6.07) is 0. The highest BCUT2D eigenvalue weighted by Gasteiger charge is 2.15. The fraction of sp³-hybridized carbons (Fsp3) is 0.500. The lowest BCUT2D eigenvalue weighted by molar-refractivity contribution is -0.115. The SMILES string of the molecule is C=C(C)C(=O)C(Cl)CCOC(N)=O. The van der Waals surface area contributed by atoms with Crippen molar-refractivity contribution in [3.05, 3.63) is 12.2 Å². The van der Waals surface area contributed by atoms with Gasteiger partial charge in [-0.1, -0.05) is 6.58 Å². The van der Waals surface area contributed by atoms with Crippen LogP contribution in [0.25, 0.3) is 0 Å². The van der Waals surface area contributed by atoms with E-state index in [1.54, 1.807) is 6.92 Å². The zero-order valence-corrected chi connectivity index (χ0v) is 8.13. The number of ketones is 1. The Labute approximate surface area is 81.7 Å². The van der Waals surface area contributed by atoms with Crippen LogP contribution >= 0.6 is 11.6 Å². The number of rotatable bonds is 5. The third kappa shape index (κ3) is 5.25. The van der Waals surface area contributed by atoms with Gasteiger partial charge in [-0.25, -0.2) is 4.79 Å². The predicted molar refractivity (Wildman–Crippen MR) is 49.6 cm³/mol. The molecule has 0 aromatic carbocycles. The molecule has 0 bridgehead atoms. The van der Waals surface area contributed by atoms with E-state index in [9.17, 15) is 9.59 Å². The van der Waals surface area contributed by atoms with Crippen LogP contribution in [-0.4, -0.2) is 23.9 Å². The molecule has 13 heavy (non-hydrogen) atoms. The quantitative estimate of drug-likeness (QED) is 0.542. The Bertz CT molecular complexity index is 227. The molecule has 74 valence electrons. The molecule has 1 atom stereocenters. The number of hydrogen-bond donors (Lipinski definition) is 1. The van der Waals surface area contributed by atoms with Crippen LogP contribution in [0.3, 0.4) is 0 Å². The number of carbonyl (C=O) groups excluding carboxylic acids is 2. The average Bonchev–Trinajstić information content (AvgIpc) is 2.02. The van der Waals surface area contributed by atoms with Crippen molar-refractivity contribution in [2.75, 3.05) is 6.61 Å². The first-order valence-corrected chi connectivity index (χ1v) is 4.14. The topological polar surface area (TPSA) is 69.4 Å². The van der Waals surface area contributed by atoms with Crippen molar-refractivity contribution in [1.29, 1.82) is 0 Å². The minimum Gasteiger partial charge on any atom is -0.450 e. The number of Topliss-reactive ketones (excluding diaryl/α,β-unsaturated/α-hetero) is 1. The number of carbonyl (C=O) groups is 2. The minimum atomic E-state index is -0.869. The minimum absolute atomic E-state index is 0.0442. The van der Waals surface area contributed by atoms with Gasteiger partial charge in [0, 0.05) is 6.42 Å². The maximum atomic E-state index is 11.1. The van der Waals surface area contributed by atoms with Gasteiger partial charge >= 0.3 is 6.09 Å². The molecule has 2 N–H and O–H groups in total. The van der Waals surface area contributed by atoms with Gasteiger partial charge in [0.25, 0.3) is 0 Å². The third-order valence-corrected chi connectivity index (χ3v) is 1.74. The third-order valence-electron chi connectivity index (χ3n) is 1.32. The summed E-state index contributed by atoms with van der Waals surface area (Å²) in [5, 5.41) is -0.697. The van der Waals surface area contributed by atoms with Crippen LogP contribution in [0.5, 0.6) is 0 Å². The first-order chi connectivity index (χ1) is 5.95. The Morgan fingerprint density at radius 3 is 2.54 bits per heavy atom. The van der Waals surface area contributed by atoms with Crippen molar-refractivity contribution in [2.45, 2.75) is 18.7 Å². The van der Waals surface area contributed by atoms with Crippen molar-refractivity contribution in [3.63, 3.8) is 0 Å². The molecule has 0 saturated heterocycles. The fourth-order valence-electron chi connectivity index (χ4n) is 0.661. The zero-order chi connectivity index (χ0) is 10.4. The van der Waals surface area contributed by atoms with Crippen LogP contribution in [0.2, 0.25) is 0 Å². The molecule has 0 heterocycles. The Kier molecular flexibility index (Phi) is 5.14. The number of primary amides is 1. The Balaban J connectivity index is 3.74. The van der Waals surface area contributed by atoms with Gasteiger partial charge in [0.1, 0.15) is 0 Å². The number of halogens is 1. The predicted octanol–water partition coefficient (Wildman–Crippen LogP) is 1.22. The van der Waals surface area contributed by atoms with E-state index < -0.39 is 11.5 Å². The van der Waals surface area contributed by atoms with E-state index in [0.29, 0.717) is 5.57 Å². The van der Waals surface area contributed by atoms with Gasteiger partial charge < -0.3 is 10.5 Å². The first kappa shape index (κ1) is 12.0. The summed E-state index contributed by atoms with van der Waals surface area (Å²) in [5.74, 6) is -0.241. The Hall–Kier alpha value is -1.03. The number of nitrogens with two attached hydrogens (primary N) is 1. The molecule has 5 heteroatoms. The molecule has 0 aromatic rings. The van der Waals surface area contributed by atoms with Crippen LogP contribution in [0, 0.1) is 0 Å². The molecule has 0 saturated carbocycles. The summed E-state index contributed by atoms with van der Waals surface area (Å²) in [7, 11) is 0. The number of allylic oxidation sites excluding steroid dienone is 1. The maximum Gasteiger partial charge on any atom is 0.404 e. The van der Waals surface area contributed by atoms with E-state index in [1.165, 1.54) is 0 Å². The lowest BCUT2D eigenvalue weighted by Gasteiger charge is -2.07. The second kappa shape index (κ2) is 5.59.